The molecule has 98 valence electrons. The lowest BCUT2D eigenvalue weighted by atomic mass is 10.1. The molecule has 0 unspecified atom stereocenters. The zero-order chi connectivity index (χ0) is 13.9. The van der Waals surface area contributed by atoms with Crippen molar-refractivity contribution in [3.63, 3.8) is 0 Å². The van der Waals surface area contributed by atoms with Crippen LogP contribution in [-0.2, 0) is 0 Å². The molecule has 2 nitrogen and oxygen atoms in total. The van der Waals surface area contributed by atoms with Gasteiger partial charge in [0.25, 0.3) is 0 Å². The number of halogens is 1. The largest absolute Gasteiger partial charge is 0.463 e. The molecule has 1 aromatic heterocycles. The van der Waals surface area contributed by atoms with Crippen molar-refractivity contribution in [3.8, 4) is 0 Å². The van der Waals surface area contributed by atoms with Crippen molar-refractivity contribution in [1.82, 2.24) is 0 Å². The van der Waals surface area contributed by atoms with E-state index in [2.05, 4.69) is 15.9 Å². The van der Waals surface area contributed by atoms with Crippen LogP contribution in [-0.4, -0.2) is 0 Å². The summed E-state index contributed by atoms with van der Waals surface area (Å²) in [5, 5.41) is 0.578. The normalized spacial score (nSPS) is 11.2. The summed E-state index contributed by atoms with van der Waals surface area (Å²) in [6, 6.07) is 15.3. The van der Waals surface area contributed by atoms with E-state index in [4.69, 9.17) is 4.42 Å². The Hall–Kier alpha value is -2.13. The molecule has 0 atom stereocenters. The molecule has 0 N–H and O–H groups in total. The third kappa shape index (κ3) is 2.58. The van der Waals surface area contributed by atoms with Gasteiger partial charge in [0, 0.05) is 4.47 Å². The van der Waals surface area contributed by atoms with E-state index < -0.39 is 0 Å². The van der Waals surface area contributed by atoms with E-state index in [1.807, 2.05) is 42.5 Å². The second kappa shape index (κ2) is 5.47. The van der Waals surface area contributed by atoms with Gasteiger partial charge in [0.1, 0.15) is 11.8 Å². The monoisotopic (exact) mass is 326 g/mol. The van der Waals surface area contributed by atoms with Gasteiger partial charge in [-0.15, -0.1) is 0 Å². The summed E-state index contributed by atoms with van der Waals surface area (Å²) < 4.78 is 6.36. The van der Waals surface area contributed by atoms with Gasteiger partial charge in [0.2, 0.25) is 0 Å². The van der Waals surface area contributed by atoms with Crippen molar-refractivity contribution in [2.45, 2.75) is 0 Å². The van der Waals surface area contributed by atoms with Gasteiger partial charge in [-0.1, -0.05) is 52.3 Å². The zero-order valence-corrected chi connectivity index (χ0v) is 12.1. The highest BCUT2D eigenvalue weighted by Crippen LogP contribution is 2.18. The van der Waals surface area contributed by atoms with Crippen LogP contribution >= 0.6 is 15.9 Å². The number of hydrogen-bond acceptors (Lipinski definition) is 2. The van der Waals surface area contributed by atoms with Crippen LogP contribution in [0.25, 0.3) is 23.1 Å². The van der Waals surface area contributed by atoms with Crippen LogP contribution in [0, 0.1) is 0 Å². The molecule has 0 aliphatic rings. The molecule has 0 bridgehead atoms. The van der Waals surface area contributed by atoms with Crippen molar-refractivity contribution >= 4 is 39.1 Å². The van der Waals surface area contributed by atoms with Crippen LogP contribution in [0.3, 0.4) is 0 Å². The molecule has 3 aromatic rings. The lowest BCUT2D eigenvalue weighted by Gasteiger charge is -1.99. The fraction of sp³-hybridized carbons (Fsp3) is 0. The maximum atomic E-state index is 12.4. The number of hydrogen-bond donors (Lipinski definition) is 0. The van der Waals surface area contributed by atoms with Gasteiger partial charge >= 0.3 is 0 Å². The average Bonchev–Trinajstić information content (AvgIpc) is 2.48. The van der Waals surface area contributed by atoms with Crippen LogP contribution in [0.2, 0.25) is 0 Å². The number of benzene rings is 2. The van der Waals surface area contributed by atoms with E-state index in [-0.39, 0.29) is 5.43 Å². The summed E-state index contributed by atoms with van der Waals surface area (Å²) in [5.74, 6) is 0. The highest BCUT2D eigenvalue weighted by Gasteiger charge is 2.05. The van der Waals surface area contributed by atoms with E-state index in [1.54, 1.807) is 18.2 Å². The highest BCUT2D eigenvalue weighted by molar-refractivity contribution is 9.10. The Morgan fingerprint density at radius 1 is 1.00 bits per heavy atom. The third-order valence-corrected chi connectivity index (χ3v) is 3.51. The van der Waals surface area contributed by atoms with E-state index >= 15 is 0 Å². The van der Waals surface area contributed by atoms with Gasteiger partial charge in [-0.2, -0.15) is 0 Å². The molecule has 3 rings (SSSR count). The summed E-state index contributed by atoms with van der Waals surface area (Å²) in [4.78, 5) is 12.4. The second-order valence-corrected chi connectivity index (χ2v) is 5.32. The fourth-order valence-corrected chi connectivity index (χ4v) is 2.34. The molecule has 20 heavy (non-hydrogen) atoms. The van der Waals surface area contributed by atoms with E-state index in [0.29, 0.717) is 16.5 Å². The molecule has 0 saturated carbocycles. The number of rotatable bonds is 2. The summed E-state index contributed by atoms with van der Waals surface area (Å²) >= 11 is 3.37. The van der Waals surface area contributed by atoms with Gasteiger partial charge in [0.15, 0.2) is 5.43 Å². The summed E-state index contributed by atoms with van der Waals surface area (Å²) in [6.45, 7) is 0. The predicted molar refractivity (Wildman–Crippen MR) is 85.6 cm³/mol. The molecule has 1 heterocycles. The molecule has 0 saturated heterocycles. The lowest BCUT2D eigenvalue weighted by Crippen LogP contribution is -2.04. The second-order valence-electron chi connectivity index (χ2n) is 4.40. The Morgan fingerprint density at radius 2 is 1.80 bits per heavy atom. The molecule has 0 aliphatic heterocycles. The smallest absolute Gasteiger partial charge is 0.199 e. The van der Waals surface area contributed by atoms with Crippen molar-refractivity contribution in [1.29, 1.82) is 0 Å². The zero-order valence-electron chi connectivity index (χ0n) is 10.5. The average molecular weight is 327 g/mol. The Kier molecular flexibility index (Phi) is 3.52. The van der Waals surface area contributed by atoms with Gasteiger partial charge in [-0.3, -0.25) is 4.79 Å². The molecule has 0 fully saturated rings. The molecule has 0 aliphatic carbocycles. The van der Waals surface area contributed by atoms with E-state index in [9.17, 15) is 4.79 Å². The highest BCUT2D eigenvalue weighted by atomic mass is 79.9. The fourth-order valence-electron chi connectivity index (χ4n) is 1.98. The minimum atomic E-state index is -0.0280. The quantitative estimate of drug-likeness (QED) is 0.681. The van der Waals surface area contributed by atoms with Crippen LogP contribution in [0.4, 0.5) is 0 Å². The minimum absolute atomic E-state index is 0.0280. The van der Waals surface area contributed by atoms with Crippen LogP contribution in [0.5, 0.6) is 0 Å². The minimum Gasteiger partial charge on any atom is -0.463 e. The molecular weight excluding hydrogens is 316 g/mol. The Morgan fingerprint density at radius 3 is 2.60 bits per heavy atom. The first-order valence-corrected chi connectivity index (χ1v) is 6.97. The molecular formula is C17H11BrO2. The topological polar surface area (TPSA) is 30.2 Å². The van der Waals surface area contributed by atoms with Crippen LogP contribution in [0.15, 0.2) is 68.5 Å². The van der Waals surface area contributed by atoms with Gasteiger partial charge < -0.3 is 4.42 Å². The Labute approximate surface area is 124 Å². The first-order chi connectivity index (χ1) is 9.74. The molecule has 0 radical (unpaired) electrons. The van der Waals surface area contributed by atoms with Crippen LogP contribution < -0.4 is 5.43 Å². The Balaban J connectivity index is 2.07. The predicted octanol–water partition coefficient (Wildman–Crippen LogP) is 4.73. The third-order valence-electron chi connectivity index (χ3n) is 3.02. The molecule has 0 amide bonds. The number of fused-ring (bicyclic) bond motifs is 1. The van der Waals surface area contributed by atoms with Crippen molar-refractivity contribution in [3.05, 3.63) is 80.6 Å². The molecule has 0 spiro atoms. The van der Waals surface area contributed by atoms with Gasteiger partial charge in [-0.25, -0.2) is 0 Å². The summed E-state index contributed by atoms with van der Waals surface area (Å²) in [7, 11) is 0. The maximum Gasteiger partial charge on any atom is 0.199 e. The SMILES string of the molecule is O=c1c(/C=C/c2ccccc2)coc2ccc(Br)cc12. The molecule has 3 heteroatoms. The Bertz CT molecular complexity index is 832. The summed E-state index contributed by atoms with van der Waals surface area (Å²) in [5.41, 5.74) is 2.15. The van der Waals surface area contributed by atoms with Crippen molar-refractivity contribution in [2.24, 2.45) is 0 Å². The van der Waals surface area contributed by atoms with E-state index in [1.165, 1.54) is 6.26 Å². The maximum absolute atomic E-state index is 12.4. The standard InChI is InChI=1S/C17H11BrO2/c18-14-8-9-16-15(10-14)17(19)13(11-20-16)7-6-12-4-2-1-3-5-12/h1-11H/b7-6+. The first kappa shape index (κ1) is 12.9. The van der Waals surface area contributed by atoms with Crippen LogP contribution in [0.1, 0.15) is 11.1 Å². The van der Waals surface area contributed by atoms with Gasteiger partial charge in [0.05, 0.1) is 10.9 Å². The first-order valence-electron chi connectivity index (χ1n) is 6.18. The lowest BCUT2D eigenvalue weighted by molar-refractivity contribution is 0.601. The van der Waals surface area contributed by atoms with Gasteiger partial charge in [-0.05, 0) is 29.8 Å². The van der Waals surface area contributed by atoms with Crippen molar-refractivity contribution < 1.29 is 4.42 Å². The van der Waals surface area contributed by atoms with E-state index in [0.717, 1.165) is 10.0 Å². The molecule has 2 aromatic carbocycles. The summed E-state index contributed by atoms with van der Waals surface area (Å²) in [6.07, 6.45) is 5.18. The van der Waals surface area contributed by atoms with Crippen molar-refractivity contribution in [2.75, 3.05) is 0 Å².